The molecule has 1 aliphatic heterocycles. The number of nitrogens with one attached hydrogen (secondary N) is 1. The Morgan fingerprint density at radius 1 is 1.27 bits per heavy atom. The van der Waals surface area contributed by atoms with Crippen molar-refractivity contribution < 1.29 is 9.53 Å². The van der Waals surface area contributed by atoms with Gasteiger partial charge in [0.05, 0.1) is 0 Å². The van der Waals surface area contributed by atoms with Crippen LogP contribution in [0.3, 0.4) is 0 Å². The number of hydrogen-bond acceptors (Lipinski definition) is 4. The summed E-state index contributed by atoms with van der Waals surface area (Å²) in [5.41, 5.74) is 0.930. The molecule has 0 aromatic heterocycles. The molecule has 5 heteroatoms. The Morgan fingerprint density at radius 3 is 2.77 bits per heavy atom. The molecule has 0 saturated carbocycles. The van der Waals surface area contributed by atoms with Crippen molar-refractivity contribution in [3.8, 4) is 5.75 Å². The third kappa shape index (κ3) is 4.80. The first-order valence-corrected chi connectivity index (χ1v) is 10.3. The molecule has 1 saturated heterocycles. The number of hydrogen-bond donors (Lipinski definition) is 1. The van der Waals surface area contributed by atoms with E-state index >= 15 is 0 Å². The van der Waals surface area contributed by atoms with Crippen molar-refractivity contribution in [3.05, 3.63) is 54.6 Å². The van der Waals surface area contributed by atoms with Gasteiger partial charge >= 0.3 is 0 Å². The second kappa shape index (κ2) is 9.10. The highest BCUT2D eigenvalue weighted by atomic mass is 32.2. The Morgan fingerprint density at radius 2 is 2.08 bits per heavy atom. The molecule has 0 spiro atoms. The van der Waals surface area contributed by atoms with E-state index in [1.165, 1.54) is 0 Å². The third-order valence-electron chi connectivity index (χ3n) is 4.60. The molecule has 0 bridgehead atoms. The van der Waals surface area contributed by atoms with Crippen molar-refractivity contribution in [2.24, 2.45) is 0 Å². The van der Waals surface area contributed by atoms with Crippen LogP contribution in [0.1, 0.15) is 19.8 Å². The number of para-hydroxylation sites is 1. The van der Waals surface area contributed by atoms with Crippen LogP contribution in [0.4, 0.5) is 5.69 Å². The fourth-order valence-corrected chi connectivity index (χ4v) is 3.66. The van der Waals surface area contributed by atoms with Crippen LogP contribution in [0.5, 0.6) is 5.75 Å². The highest BCUT2D eigenvalue weighted by Gasteiger charge is 2.27. The van der Waals surface area contributed by atoms with Gasteiger partial charge in [0.15, 0.2) is 6.10 Å². The lowest BCUT2D eigenvalue weighted by Crippen LogP contribution is -2.46. The Kier molecular flexibility index (Phi) is 6.58. The van der Waals surface area contributed by atoms with Crippen LogP contribution in [-0.4, -0.2) is 37.4 Å². The average molecular weight is 371 g/mol. The lowest BCUT2D eigenvalue weighted by Gasteiger charge is -2.29. The van der Waals surface area contributed by atoms with Crippen LogP contribution in [0, 0.1) is 0 Å². The topological polar surface area (TPSA) is 41.6 Å². The molecular formula is C21H26N2O2S. The molecule has 3 rings (SSSR count). The summed E-state index contributed by atoms with van der Waals surface area (Å²) in [6.07, 6.45) is 3.76. The molecule has 1 heterocycles. The molecule has 2 aromatic rings. The van der Waals surface area contributed by atoms with Crippen LogP contribution in [0.25, 0.3) is 0 Å². The minimum atomic E-state index is -0.545. The molecule has 1 fully saturated rings. The fourth-order valence-electron chi connectivity index (χ4n) is 3.21. The standard InChI is InChI=1S/C21H26N2O2S/c1-16(25-19-10-4-3-5-11-19)21(24)23(15-17-8-7-13-22-17)18-9-6-12-20(14-18)26-2/h3-6,9-12,14,16-17,22H,7-8,13,15H2,1-2H3/t16?,17-/m1/s1. The number of nitrogens with zero attached hydrogens (tertiary/aromatic N) is 1. The van der Waals surface area contributed by atoms with E-state index in [2.05, 4.69) is 17.4 Å². The number of anilines is 1. The van der Waals surface area contributed by atoms with Crippen molar-refractivity contribution in [3.63, 3.8) is 0 Å². The molecule has 4 nitrogen and oxygen atoms in total. The normalized spacial score (nSPS) is 17.7. The summed E-state index contributed by atoms with van der Waals surface area (Å²) in [6, 6.07) is 18.0. The minimum Gasteiger partial charge on any atom is -0.481 e. The van der Waals surface area contributed by atoms with E-state index in [0.29, 0.717) is 18.3 Å². The molecule has 1 unspecified atom stereocenters. The van der Waals surface area contributed by atoms with E-state index in [1.807, 2.05) is 60.5 Å². The first-order valence-electron chi connectivity index (χ1n) is 9.08. The van der Waals surface area contributed by atoms with Gasteiger partial charge in [-0.3, -0.25) is 4.79 Å². The van der Waals surface area contributed by atoms with Crippen LogP contribution >= 0.6 is 11.8 Å². The second-order valence-electron chi connectivity index (χ2n) is 6.52. The van der Waals surface area contributed by atoms with Crippen molar-refractivity contribution in [2.45, 2.75) is 36.8 Å². The van der Waals surface area contributed by atoms with Crippen LogP contribution in [0.2, 0.25) is 0 Å². The number of ether oxygens (including phenoxy) is 1. The summed E-state index contributed by atoms with van der Waals surface area (Å²) in [5.74, 6) is 0.700. The molecule has 138 valence electrons. The Bertz CT molecular complexity index is 717. The van der Waals surface area contributed by atoms with Crippen molar-refractivity contribution in [1.29, 1.82) is 0 Å². The molecule has 1 amide bonds. The number of carbonyl (C=O) groups excluding carboxylic acids is 1. The van der Waals surface area contributed by atoms with Gasteiger partial charge in [0.1, 0.15) is 5.75 Å². The zero-order valence-electron chi connectivity index (χ0n) is 15.4. The number of amides is 1. The van der Waals surface area contributed by atoms with Gasteiger partial charge in [-0.1, -0.05) is 24.3 Å². The Balaban J connectivity index is 1.79. The monoisotopic (exact) mass is 370 g/mol. The SMILES string of the molecule is CSc1cccc(N(C[C@H]2CCCN2)C(=O)C(C)Oc2ccccc2)c1. The number of thioether (sulfide) groups is 1. The van der Waals surface area contributed by atoms with Crippen molar-refractivity contribution >= 4 is 23.4 Å². The zero-order chi connectivity index (χ0) is 18.4. The Hall–Kier alpha value is -1.98. The smallest absolute Gasteiger partial charge is 0.267 e. The van der Waals surface area contributed by atoms with Crippen LogP contribution in [-0.2, 0) is 4.79 Å². The molecule has 0 radical (unpaired) electrons. The molecule has 26 heavy (non-hydrogen) atoms. The van der Waals surface area contributed by atoms with E-state index in [1.54, 1.807) is 11.8 Å². The lowest BCUT2D eigenvalue weighted by atomic mass is 10.1. The van der Waals surface area contributed by atoms with Crippen molar-refractivity contribution in [2.75, 3.05) is 24.2 Å². The van der Waals surface area contributed by atoms with Gasteiger partial charge in [-0.2, -0.15) is 0 Å². The predicted molar refractivity (Wildman–Crippen MR) is 108 cm³/mol. The quantitative estimate of drug-likeness (QED) is 0.749. The van der Waals surface area contributed by atoms with Gasteiger partial charge < -0.3 is 15.0 Å². The molecular weight excluding hydrogens is 344 g/mol. The van der Waals surface area contributed by atoms with E-state index in [4.69, 9.17) is 4.74 Å². The summed E-state index contributed by atoms with van der Waals surface area (Å²) in [5, 5.41) is 3.49. The highest BCUT2D eigenvalue weighted by Crippen LogP contribution is 2.24. The maximum absolute atomic E-state index is 13.2. The molecule has 0 aliphatic carbocycles. The largest absolute Gasteiger partial charge is 0.481 e. The summed E-state index contributed by atoms with van der Waals surface area (Å²) < 4.78 is 5.88. The van der Waals surface area contributed by atoms with Gasteiger partial charge in [0.2, 0.25) is 0 Å². The van der Waals surface area contributed by atoms with Gasteiger partial charge in [-0.25, -0.2) is 0 Å². The van der Waals surface area contributed by atoms with Gasteiger partial charge in [-0.15, -0.1) is 11.8 Å². The highest BCUT2D eigenvalue weighted by molar-refractivity contribution is 7.98. The third-order valence-corrected chi connectivity index (χ3v) is 5.33. The maximum Gasteiger partial charge on any atom is 0.267 e. The molecule has 2 atom stereocenters. The molecule has 1 N–H and O–H groups in total. The van der Waals surface area contributed by atoms with E-state index in [9.17, 15) is 4.79 Å². The molecule has 2 aromatic carbocycles. The zero-order valence-corrected chi connectivity index (χ0v) is 16.2. The van der Waals surface area contributed by atoms with Gasteiger partial charge in [0.25, 0.3) is 5.91 Å². The lowest BCUT2D eigenvalue weighted by molar-refractivity contribution is -0.124. The maximum atomic E-state index is 13.2. The number of benzene rings is 2. The van der Waals surface area contributed by atoms with Crippen LogP contribution in [0.15, 0.2) is 59.5 Å². The Labute approximate surface area is 159 Å². The van der Waals surface area contributed by atoms with E-state index < -0.39 is 6.10 Å². The first-order chi connectivity index (χ1) is 12.7. The van der Waals surface area contributed by atoms with Gasteiger partial charge in [-0.05, 0) is 62.9 Å². The van der Waals surface area contributed by atoms with Gasteiger partial charge in [0, 0.05) is 23.2 Å². The van der Waals surface area contributed by atoms with E-state index in [-0.39, 0.29) is 5.91 Å². The molecule has 1 aliphatic rings. The fraction of sp³-hybridized carbons (Fsp3) is 0.381. The van der Waals surface area contributed by atoms with Crippen LogP contribution < -0.4 is 15.0 Å². The second-order valence-corrected chi connectivity index (χ2v) is 7.40. The summed E-state index contributed by atoms with van der Waals surface area (Å²) in [7, 11) is 0. The summed E-state index contributed by atoms with van der Waals surface area (Å²) in [6.45, 7) is 3.51. The summed E-state index contributed by atoms with van der Waals surface area (Å²) >= 11 is 1.68. The van der Waals surface area contributed by atoms with E-state index in [0.717, 1.165) is 30.0 Å². The number of rotatable bonds is 7. The minimum absolute atomic E-state index is 0.0131. The number of carbonyl (C=O) groups is 1. The predicted octanol–water partition coefficient (Wildman–Crippen LogP) is 3.96. The first kappa shape index (κ1) is 18.8. The van der Waals surface area contributed by atoms with Crippen molar-refractivity contribution in [1.82, 2.24) is 5.32 Å². The summed E-state index contributed by atoms with van der Waals surface area (Å²) in [4.78, 5) is 16.2. The average Bonchev–Trinajstić information content (AvgIpc) is 3.19.